The van der Waals surface area contributed by atoms with Crippen LogP contribution < -0.4 is 0 Å². The number of carboxylic acid groups (broad SMARTS) is 1. The first-order valence-corrected chi connectivity index (χ1v) is 6.61. The molecule has 100 valence electrons. The zero-order valence-corrected chi connectivity index (χ0v) is 11.1. The smallest absolute Gasteiger partial charge is 0.303 e. The quantitative estimate of drug-likeness (QED) is 0.889. The van der Waals surface area contributed by atoms with E-state index in [4.69, 9.17) is 5.11 Å². The van der Waals surface area contributed by atoms with Crippen molar-refractivity contribution in [3.8, 4) is 0 Å². The third-order valence-corrected chi connectivity index (χ3v) is 3.45. The van der Waals surface area contributed by atoms with Crippen molar-refractivity contribution >= 4 is 5.97 Å². The second-order valence-electron chi connectivity index (χ2n) is 5.91. The molecule has 1 N–H and O–H groups in total. The van der Waals surface area contributed by atoms with Crippen LogP contribution in [0.15, 0.2) is 0 Å². The monoisotopic (exact) mass is 251 g/mol. The summed E-state index contributed by atoms with van der Waals surface area (Å²) in [6.45, 7) is 4.92. The minimum absolute atomic E-state index is 0.162. The van der Waals surface area contributed by atoms with Crippen molar-refractivity contribution in [2.75, 3.05) is 0 Å². The summed E-state index contributed by atoms with van der Waals surface area (Å²) in [5.41, 5.74) is -0.276. The van der Waals surface area contributed by atoms with Gasteiger partial charge in [-0.3, -0.25) is 4.79 Å². The lowest BCUT2D eigenvalue weighted by molar-refractivity contribution is -0.139. The number of nitrogens with zero attached hydrogens (tertiary/aromatic N) is 3. The van der Waals surface area contributed by atoms with Crippen LogP contribution in [0.3, 0.4) is 0 Å². The highest BCUT2D eigenvalue weighted by Crippen LogP contribution is 2.26. The van der Waals surface area contributed by atoms with Crippen LogP contribution in [0.25, 0.3) is 0 Å². The first-order chi connectivity index (χ1) is 8.48. The van der Waals surface area contributed by atoms with E-state index in [1.54, 1.807) is 0 Å². The second-order valence-corrected chi connectivity index (χ2v) is 5.91. The van der Waals surface area contributed by atoms with Gasteiger partial charge in [-0.2, -0.15) is 0 Å². The Morgan fingerprint density at radius 3 is 2.83 bits per heavy atom. The van der Waals surface area contributed by atoms with E-state index in [2.05, 4.69) is 14.8 Å². The average molecular weight is 251 g/mol. The maximum absolute atomic E-state index is 10.8. The molecule has 5 heteroatoms. The van der Waals surface area contributed by atoms with E-state index in [1.807, 2.05) is 13.8 Å². The minimum Gasteiger partial charge on any atom is -0.481 e. The van der Waals surface area contributed by atoms with Gasteiger partial charge >= 0.3 is 5.97 Å². The first-order valence-electron chi connectivity index (χ1n) is 6.61. The zero-order valence-electron chi connectivity index (χ0n) is 11.1. The lowest BCUT2D eigenvalue weighted by atomic mass is 9.85. The number of hydrogen-bond acceptors (Lipinski definition) is 3. The molecule has 1 aliphatic rings. The molecule has 0 atom stereocenters. The van der Waals surface area contributed by atoms with E-state index in [0.29, 0.717) is 6.42 Å². The van der Waals surface area contributed by atoms with Crippen molar-refractivity contribution in [3.63, 3.8) is 0 Å². The van der Waals surface area contributed by atoms with Crippen molar-refractivity contribution in [2.45, 2.75) is 58.9 Å². The van der Waals surface area contributed by atoms with Crippen LogP contribution >= 0.6 is 0 Å². The van der Waals surface area contributed by atoms with Crippen LogP contribution in [0.4, 0.5) is 0 Å². The summed E-state index contributed by atoms with van der Waals surface area (Å²) in [6.07, 6.45) is 5.41. The molecule has 1 aromatic rings. The van der Waals surface area contributed by atoms with E-state index >= 15 is 0 Å². The highest BCUT2D eigenvalue weighted by Gasteiger charge is 2.26. The zero-order chi connectivity index (χ0) is 13.2. The van der Waals surface area contributed by atoms with Gasteiger partial charge in [0.25, 0.3) is 0 Å². The standard InChI is InChI=1S/C13H21N3O2/c1-13(2,9-12(17)18)8-11-15-14-10-6-4-3-5-7-16(10)11/h3-9H2,1-2H3,(H,17,18). The Labute approximate surface area is 107 Å². The Morgan fingerprint density at radius 2 is 2.11 bits per heavy atom. The molecule has 0 bridgehead atoms. The SMILES string of the molecule is CC(C)(CC(=O)O)Cc1nnc2n1CCCCC2. The molecule has 0 saturated carbocycles. The summed E-state index contributed by atoms with van der Waals surface area (Å²) in [7, 11) is 0. The van der Waals surface area contributed by atoms with E-state index in [-0.39, 0.29) is 11.8 Å². The number of hydrogen-bond donors (Lipinski definition) is 1. The molecule has 18 heavy (non-hydrogen) atoms. The van der Waals surface area contributed by atoms with E-state index in [9.17, 15) is 4.79 Å². The fraction of sp³-hybridized carbons (Fsp3) is 0.769. The molecule has 0 saturated heterocycles. The van der Waals surface area contributed by atoms with Gasteiger partial charge in [-0.05, 0) is 18.3 Å². The van der Waals surface area contributed by atoms with E-state index < -0.39 is 5.97 Å². The molecule has 0 aromatic carbocycles. The fourth-order valence-electron chi connectivity index (χ4n) is 2.58. The van der Waals surface area contributed by atoms with Crippen molar-refractivity contribution in [2.24, 2.45) is 5.41 Å². The van der Waals surface area contributed by atoms with Crippen molar-refractivity contribution in [1.82, 2.24) is 14.8 Å². The van der Waals surface area contributed by atoms with Crippen LogP contribution in [-0.4, -0.2) is 25.8 Å². The summed E-state index contributed by atoms with van der Waals surface area (Å²) in [5.74, 6) is 1.25. The lowest BCUT2D eigenvalue weighted by Crippen LogP contribution is -2.22. The average Bonchev–Trinajstić information content (AvgIpc) is 2.48. The molecule has 1 aliphatic heterocycles. The topological polar surface area (TPSA) is 68.0 Å². The molecule has 0 radical (unpaired) electrons. The third-order valence-electron chi connectivity index (χ3n) is 3.45. The van der Waals surface area contributed by atoms with Crippen molar-refractivity contribution < 1.29 is 9.90 Å². The van der Waals surface area contributed by atoms with Crippen LogP contribution in [0, 0.1) is 5.41 Å². The largest absolute Gasteiger partial charge is 0.481 e. The molecule has 0 amide bonds. The van der Waals surface area contributed by atoms with Crippen LogP contribution in [0.2, 0.25) is 0 Å². The first kappa shape index (κ1) is 13.1. The summed E-state index contributed by atoms with van der Waals surface area (Å²) in [6, 6.07) is 0. The maximum atomic E-state index is 10.8. The van der Waals surface area contributed by atoms with E-state index in [1.165, 1.54) is 12.8 Å². The Morgan fingerprint density at radius 1 is 1.33 bits per heavy atom. The van der Waals surface area contributed by atoms with Gasteiger partial charge < -0.3 is 9.67 Å². The number of carbonyl (C=O) groups is 1. The summed E-state index contributed by atoms with van der Waals surface area (Å²) in [4.78, 5) is 10.8. The maximum Gasteiger partial charge on any atom is 0.303 e. The van der Waals surface area contributed by atoms with Gasteiger partial charge in [-0.25, -0.2) is 0 Å². The van der Waals surface area contributed by atoms with Crippen molar-refractivity contribution in [3.05, 3.63) is 11.6 Å². The highest BCUT2D eigenvalue weighted by molar-refractivity contribution is 5.67. The van der Waals surface area contributed by atoms with Crippen LogP contribution in [0.1, 0.15) is 51.2 Å². The fourth-order valence-corrected chi connectivity index (χ4v) is 2.58. The normalized spacial score (nSPS) is 16.1. The number of carboxylic acids is 1. The Bertz CT molecular complexity index is 437. The lowest BCUT2D eigenvalue weighted by Gasteiger charge is -2.22. The number of fused-ring (bicyclic) bond motifs is 1. The summed E-state index contributed by atoms with van der Waals surface area (Å²) in [5, 5.41) is 17.4. The molecular weight excluding hydrogens is 230 g/mol. The Kier molecular flexibility index (Phi) is 3.68. The van der Waals surface area contributed by atoms with E-state index in [0.717, 1.165) is 31.0 Å². The predicted molar refractivity (Wildman–Crippen MR) is 67.3 cm³/mol. The number of rotatable bonds is 4. The van der Waals surface area contributed by atoms with Gasteiger partial charge in [0, 0.05) is 19.4 Å². The van der Waals surface area contributed by atoms with Gasteiger partial charge in [-0.15, -0.1) is 10.2 Å². The molecule has 2 heterocycles. The summed E-state index contributed by atoms with van der Waals surface area (Å²) < 4.78 is 2.19. The molecule has 1 aromatic heterocycles. The number of aryl methyl sites for hydroxylation is 1. The summed E-state index contributed by atoms with van der Waals surface area (Å²) >= 11 is 0. The van der Waals surface area contributed by atoms with Gasteiger partial charge in [0.15, 0.2) is 0 Å². The Balaban J connectivity index is 2.14. The third kappa shape index (κ3) is 3.09. The molecule has 0 spiro atoms. The predicted octanol–water partition coefficient (Wildman–Crippen LogP) is 2.05. The molecule has 5 nitrogen and oxygen atoms in total. The molecule has 0 unspecified atom stereocenters. The number of aromatic nitrogens is 3. The van der Waals surface area contributed by atoms with Gasteiger partial charge in [0.05, 0.1) is 6.42 Å². The number of aliphatic carboxylic acids is 1. The van der Waals surface area contributed by atoms with Gasteiger partial charge in [0.1, 0.15) is 11.6 Å². The van der Waals surface area contributed by atoms with Gasteiger partial charge in [0.2, 0.25) is 0 Å². The second kappa shape index (κ2) is 5.08. The van der Waals surface area contributed by atoms with Gasteiger partial charge in [-0.1, -0.05) is 20.3 Å². The van der Waals surface area contributed by atoms with Crippen LogP contribution in [0.5, 0.6) is 0 Å². The Hall–Kier alpha value is -1.39. The van der Waals surface area contributed by atoms with Crippen molar-refractivity contribution in [1.29, 1.82) is 0 Å². The molecule has 2 rings (SSSR count). The minimum atomic E-state index is -0.754. The molecular formula is C13H21N3O2. The van der Waals surface area contributed by atoms with Crippen LogP contribution in [-0.2, 0) is 24.2 Å². The molecule has 0 aliphatic carbocycles. The highest BCUT2D eigenvalue weighted by atomic mass is 16.4. The molecule has 0 fully saturated rings.